The molecule has 3 aromatic rings. The summed E-state index contributed by atoms with van der Waals surface area (Å²) in [5.41, 5.74) is 0.933. The summed E-state index contributed by atoms with van der Waals surface area (Å²) in [6.07, 6.45) is 4.16. The fourth-order valence-electron chi connectivity index (χ4n) is 5.35. The lowest BCUT2D eigenvalue weighted by Gasteiger charge is -2.34. The summed E-state index contributed by atoms with van der Waals surface area (Å²) in [6, 6.07) is 16.8. The van der Waals surface area contributed by atoms with Crippen LogP contribution in [-0.2, 0) is 26.2 Å². The first kappa shape index (κ1) is 33.4. The lowest BCUT2D eigenvalue weighted by atomic mass is 10.1. The summed E-state index contributed by atoms with van der Waals surface area (Å²) < 4.78 is 40.0. The van der Waals surface area contributed by atoms with Gasteiger partial charge in [-0.1, -0.05) is 67.2 Å². The number of nitrogens with zero attached hydrogens (tertiary/aromatic N) is 2. The normalized spacial score (nSPS) is 14.1. The van der Waals surface area contributed by atoms with E-state index in [1.54, 1.807) is 48.5 Å². The van der Waals surface area contributed by atoms with Crippen molar-refractivity contribution < 1.29 is 27.5 Å². The topological polar surface area (TPSA) is 105 Å². The van der Waals surface area contributed by atoms with E-state index in [1.165, 1.54) is 37.3 Å². The SMILES string of the molecule is CCC(C(=O)NC1CCCC1)N(Cc1ccc(Cl)c(Cl)c1)C(=O)CN(c1ccccc1)S(=O)(=O)c1ccc(OC)c(OC)c1. The highest BCUT2D eigenvalue weighted by Crippen LogP contribution is 2.32. The van der Waals surface area contributed by atoms with Crippen molar-refractivity contribution in [2.75, 3.05) is 25.1 Å². The third-order valence-corrected chi connectivity index (χ3v) is 10.2. The molecule has 1 unspecified atom stereocenters. The van der Waals surface area contributed by atoms with Crippen LogP contribution in [0, 0.1) is 0 Å². The molecule has 1 aliphatic rings. The van der Waals surface area contributed by atoms with E-state index in [9.17, 15) is 18.0 Å². The van der Waals surface area contributed by atoms with E-state index in [0.29, 0.717) is 27.8 Å². The van der Waals surface area contributed by atoms with Gasteiger partial charge in [0.1, 0.15) is 12.6 Å². The number of halogens is 2. The van der Waals surface area contributed by atoms with Gasteiger partial charge in [-0.05, 0) is 61.2 Å². The first-order valence-corrected chi connectivity index (χ1v) is 16.6. The van der Waals surface area contributed by atoms with Crippen molar-refractivity contribution in [3.63, 3.8) is 0 Å². The van der Waals surface area contributed by atoms with Crippen LogP contribution >= 0.6 is 23.2 Å². The van der Waals surface area contributed by atoms with Crippen LogP contribution in [-0.4, -0.2) is 58.0 Å². The van der Waals surface area contributed by atoms with Crippen molar-refractivity contribution in [1.29, 1.82) is 0 Å². The van der Waals surface area contributed by atoms with Crippen LogP contribution in [0.5, 0.6) is 11.5 Å². The third kappa shape index (κ3) is 7.78. The molecule has 9 nitrogen and oxygen atoms in total. The maximum Gasteiger partial charge on any atom is 0.264 e. The number of methoxy groups -OCH3 is 2. The van der Waals surface area contributed by atoms with Gasteiger partial charge in [-0.25, -0.2) is 8.42 Å². The average molecular weight is 663 g/mol. The predicted molar refractivity (Wildman–Crippen MR) is 172 cm³/mol. The number of anilines is 1. The number of hydrogen-bond donors (Lipinski definition) is 1. The van der Waals surface area contributed by atoms with Gasteiger partial charge in [-0.15, -0.1) is 0 Å². The molecule has 1 saturated carbocycles. The van der Waals surface area contributed by atoms with Crippen LogP contribution in [0.25, 0.3) is 0 Å². The van der Waals surface area contributed by atoms with Gasteiger partial charge < -0.3 is 19.7 Å². The number of ether oxygens (including phenoxy) is 2. The fraction of sp³-hybridized carbons (Fsp3) is 0.375. The van der Waals surface area contributed by atoms with Gasteiger partial charge in [0.05, 0.1) is 34.8 Å². The number of rotatable bonds is 13. The van der Waals surface area contributed by atoms with Gasteiger partial charge in [-0.3, -0.25) is 13.9 Å². The number of benzene rings is 3. The Morgan fingerprint density at radius 3 is 2.23 bits per heavy atom. The van der Waals surface area contributed by atoms with E-state index in [0.717, 1.165) is 30.0 Å². The van der Waals surface area contributed by atoms with Crippen molar-refractivity contribution in [2.45, 2.75) is 62.6 Å². The van der Waals surface area contributed by atoms with Gasteiger partial charge in [0.25, 0.3) is 10.0 Å². The second-order valence-electron chi connectivity index (χ2n) is 10.5. The summed E-state index contributed by atoms with van der Waals surface area (Å²) in [5.74, 6) is -0.247. The molecule has 1 aliphatic carbocycles. The number of amides is 2. The van der Waals surface area contributed by atoms with Crippen LogP contribution in [0.3, 0.4) is 0 Å². The van der Waals surface area contributed by atoms with Crippen LogP contribution in [0.1, 0.15) is 44.6 Å². The molecule has 0 heterocycles. The van der Waals surface area contributed by atoms with Gasteiger partial charge in [0.15, 0.2) is 11.5 Å². The summed E-state index contributed by atoms with van der Waals surface area (Å²) >= 11 is 12.4. The average Bonchev–Trinajstić information content (AvgIpc) is 3.54. The van der Waals surface area contributed by atoms with E-state index in [2.05, 4.69) is 5.32 Å². The van der Waals surface area contributed by atoms with Gasteiger partial charge in [0, 0.05) is 18.7 Å². The Labute approximate surface area is 269 Å². The van der Waals surface area contributed by atoms with Gasteiger partial charge >= 0.3 is 0 Å². The van der Waals surface area contributed by atoms with Crippen molar-refractivity contribution in [2.24, 2.45) is 0 Å². The summed E-state index contributed by atoms with van der Waals surface area (Å²) in [7, 11) is -1.42. The van der Waals surface area contributed by atoms with E-state index >= 15 is 0 Å². The van der Waals surface area contributed by atoms with E-state index < -0.39 is 28.5 Å². The number of hydrogen-bond acceptors (Lipinski definition) is 6. The predicted octanol–water partition coefficient (Wildman–Crippen LogP) is 6.07. The van der Waals surface area contributed by atoms with Crippen molar-refractivity contribution >= 4 is 50.7 Å². The summed E-state index contributed by atoms with van der Waals surface area (Å²) in [4.78, 5) is 29.2. The lowest BCUT2D eigenvalue weighted by Crippen LogP contribution is -2.53. The Morgan fingerprint density at radius 1 is 0.932 bits per heavy atom. The lowest BCUT2D eigenvalue weighted by molar-refractivity contribution is -0.140. The number of sulfonamides is 1. The molecule has 1 fully saturated rings. The first-order chi connectivity index (χ1) is 21.1. The molecule has 0 aromatic heterocycles. The molecule has 12 heteroatoms. The highest BCUT2D eigenvalue weighted by atomic mass is 35.5. The minimum Gasteiger partial charge on any atom is -0.493 e. The first-order valence-electron chi connectivity index (χ1n) is 14.4. The number of para-hydroxylation sites is 1. The molecule has 4 rings (SSSR count). The zero-order valence-corrected chi connectivity index (χ0v) is 27.3. The minimum absolute atomic E-state index is 0.0192. The highest BCUT2D eigenvalue weighted by Gasteiger charge is 2.35. The number of carbonyl (C=O) groups is 2. The largest absolute Gasteiger partial charge is 0.493 e. The van der Waals surface area contributed by atoms with E-state index in [-0.39, 0.29) is 34.8 Å². The molecule has 236 valence electrons. The number of nitrogens with one attached hydrogen (secondary N) is 1. The molecule has 3 aromatic carbocycles. The van der Waals surface area contributed by atoms with Crippen LogP contribution < -0.4 is 19.1 Å². The zero-order valence-electron chi connectivity index (χ0n) is 25.0. The molecular weight excluding hydrogens is 625 g/mol. The van der Waals surface area contributed by atoms with E-state index in [1.807, 2.05) is 6.92 Å². The Hall–Kier alpha value is -3.47. The summed E-state index contributed by atoms with van der Waals surface area (Å²) in [6.45, 7) is 1.28. The maximum absolute atomic E-state index is 14.3. The Balaban J connectivity index is 1.73. The van der Waals surface area contributed by atoms with Crippen LogP contribution in [0.4, 0.5) is 5.69 Å². The molecule has 44 heavy (non-hydrogen) atoms. The van der Waals surface area contributed by atoms with Crippen LogP contribution in [0.15, 0.2) is 71.6 Å². The third-order valence-electron chi connectivity index (χ3n) is 7.69. The van der Waals surface area contributed by atoms with Gasteiger partial charge in [0.2, 0.25) is 11.8 Å². The van der Waals surface area contributed by atoms with Crippen molar-refractivity contribution in [3.05, 3.63) is 82.3 Å². The maximum atomic E-state index is 14.3. The molecule has 0 radical (unpaired) electrons. The summed E-state index contributed by atoms with van der Waals surface area (Å²) in [5, 5.41) is 3.76. The molecule has 1 N–H and O–H groups in total. The highest BCUT2D eigenvalue weighted by molar-refractivity contribution is 7.92. The molecular formula is C32H37Cl2N3O6S. The smallest absolute Gasteiger partial charge is 0.264 e. The Kier molecular flexibility index (Phi) is 11.4. The Bertz CT molecular complexity index is 1570. The van der Waals surface area contributed by atoms with Gasteiger partial charge in [-0.2, -0.15) is 0 Å². The second kappa shape index (κ2) is 15.0. The second-order valence-corrected chi connectivity index (χ2v) is 13.2. The zero-order chi connectivity index (χ0) is 31.9. The number of carbonyl (C=O) groups excluding carboxylic acids is 2. The Morgan fingerprint density at radius 2 is 1.61 bits per heavy atom. The van der Waals surface area contributed by atoms with Crippen molar-refractivity contribution in [3.8, 4) is 11.5 Å². The molecule has 1 atom stereocenters. The fourth-order valence-corrected chi connectivity index (χ4v) is 7.10. The molecule has 0 saturated heterocycles. The standard InChI is InChI=1S/C32H37Cl2N3O6S/c1-4-28(32(39)35-23-10-8-9-11-23)36(20-22-14-16-26(33)27(34)18-22)31(38)21-37(24-12-6-5-7-13-24)44(40,41)25-15-17-29(42-2)30(19-25)43-3/h5-7,12-19,23,28H,4,8-11,20-21H2,1-3H3,(H,35,39). The molecule has 0 spiro atoms. The van der Waals surface area contributed by atoms with Crippen molar-refractivity contribution in [1.82, 2.24) is 10.2 Å². The molecule has 2 amide bonds. The van der Waals surface area contributed by atoms with E-state index in [4.69, 9.17) is 32.7 Å². The minimum atomic E-state index is -4.29. The molecule has 0 aliphatic heterocycles. The quantitative estimate of drug-likeness (QED) is 0.238. The molecule has 0 bridgehead atoms. The monoisotopic (exact) mass is 661 g/mol. The van der Waals surface area contributed by atoms with Crippen LogP contribution in [0.2, 0.25) is 10.0 Å².